The summed E-state index contributed by atoms with van der Waals surface area (Å²) < 4.78 is 24.5. The van der Waals surface area contributed by atoms with Gasteiger partial charge in [-0.1, -0.05) is 11.8 Å². The molecular weight excluding hydrogens is 294 g/mol. The lowest BCUT2D eigenvalue weighted by atomic mass is 9.98. The second-order valence-electron chi connectivity index (χ2n) is 5.78. The van der Waals surface area contributed by atoms with Crippen LogP contribution in [-0.4, -0.2) is 35.7 Å². The Morgan fingerprint density at radius 2 is 1.95 bits per heavy atom. The van der Waals surface area contributed by atoms with Crippen LogP contribution in [0.15, 0.2) is 29.2 Å². The summed E-state index contributed by atoms with van der Waals surface area (Å²) in [5.74, 6) is -1.52. The Labute approximate surface area is 126 Å². The van der Waals surface area contributed by atoms with E-state index in [4.69, 9.17) is 5.73 Å². The van der Waals surface area contributed by atoms with Gasteiger partial charge in [0.15, 0.2) is 0 Å². The molecule has 1 saturated carbocycles. The van der Waals surface area contributed by atoms with E-state index in [0.29, 0.717) is 34.1 Å². The van der Waals surface area contributed by atoms with Gasteiger partial charge in [0.05, 0.1) is 0 Å². The average molecular weight is 312 g/mol. The lowest BCUT2D eigenvalue weighted by Gasteiger charge is -2.19. The first-order chi connectivity index (χ1) is 10.0. The summed E-state index contributed by atoms with van der Waals surface area (Å²) in [5.41, 5.74) is 6.63. The summed E-state index contributed by atoms with van der Waals surface area (Å²) in [6, 6.07) is 6.61. The molecule has 0 radical (unpaired) electrons. The van der Waals surface area contributed by atoms with Crippen LogP contribution >= 0.6 is 11.8 Å². The Balaban J connectivity index is 1.66. The zero-order valence-electron chi connectivity index (χ0n) is 11.5. The molecule has 6 heteroatoms. The van der Waals surface area contributed by atoms with E-state index >= 15 is 0 Å². The predicted octanol–water partition coefficient (Wildman–Crippen LogP) is 2.81. The number of alkyl halides is 2. The number of hydrogen-bond acceptors (Lipinski definition) is 3. The summed E-state index contributed by atoms with van der Waals surface area (Å²) in [6.45, 7) is 1.49. The molecule has 114 valence electrons. The number of thioether (sulfide) groups is 1. The van der Waals surface area contributed by atoms with Gasteiger partial charge in [-0.3, -0.25) is 4.79 Å². The summed E-state index contributed by atoms with van der Waals surface area (Å²) in [6.07, 6.45) is 2.15. The van der Waals surface area contributed by atoms with Gasteiger partial charge < -0.3 is 10.6 Å². The van der Waals surface area contributed by atoms with Gasteiger partial charge in [-0.05, 0) is 48.9 Å². The van der Waals surface area contributed by atoms with E-state index < -0.39 is 5.76 Å². The van der Waals surface area contributed by atoms with E-state index in [1.54, 1.807) is 24.3 Å². The van der Waals surface area contributed by atoms with Crippen molar-refractivity contribution in [3.63, 3.8) is 0 Å². The molecule has 0 bridgehead atoms. The largest absolute Gasteiger partial charge is 0.338 e. The van der Waals surface area contributed by atoms with E-state index in [9.17, 15) is 13.6 Å². The van der Waals surface area contributed by atoms with Crippen molar-refractivity contribution in [2.45, 2.75) is 29.5 Å². The molecule has 1 aromatic rings. The van der Waals surface area contributed by atoms with Crippen molar-refractivity contribution in [2.24, 2.45) is 17.6 Å². The van der Waals surface area contributed by atoms with Gasteiger partial charge in [-0.2, -0.15) is 8.78 Å². The number of hydrogen-bond donors (Lipinski definition) is 1. The monoisotopic (exact) mass is 312 g/mol. The van der Waals surface area contributed by atoms with Crippen LogP contribution < -0.4 is 5.73 Å². The highest BCUT2D eigenvalue weighted by molar-refractivity contribution is 7.99. The number of carbonyl (C=O) groups excluding carboxylic acids is 1. The molecule has 0 aromatic heterocycles. The van der Waals surface area contributed by atoms with E-state index in [1.807, 2.05) is 4.90 Å². The van der Waals surface area contributed by atoms with Crippen molar-refractivity contribution in [1.82, 2.24) is 4.90 Å². The standard InChI is InChI=1S/C15H18F2N2OS/c16-15(17)21-11-4-1-9(2-5-11)14(20)19-7-10-3-6-13(18)12(10)8-19/h1-2,4-5,10,12-13,15H,3,6-8,18H2. The molecular formula is C15H18F2N2OS. The molecule has 2 fully saturated rings. The van der Waals surface area contributed by atoms with Crippen LogP contribution in [0.5, 0.6) is 0 Å². The molecule has 3 unspecified atom stereocenters. The molecule has 0 spiro atoms. The zero-order chi connectivity index (χ0) is 15.0. The van der Waals surface area contributed by atoms with Crippen molar-refractivity contribution in [3.05, 3.63) is 29.8 Å². The van der Waals surface area contributed by atoms with Crippen LogP contribution in [0.3, 0.4) is 0 Å². The fourth-order valence-electron chi connectivity index (χ4n) is 3.43. The zero-order valence-corrected chi connectivity index (χ0v) is 12.4. The second-order valence-corrected chi connectivity index (χ2v) is 6.84. The van der Waals surface area contributed by atoms with Crippen LogP contribution in [0.2, 0.25) is 0 Å². The molecule has 1 heterocycles. The SMILES string of the molecule is NC1CCC2CN(C(=O)c3ccc(SC(F)F)cc3)CC12. The van der Waals surface area contributed by atoms with Crippen LogP contribution in [0.1, 0.15) is 23.2 Å². The first kappa shape index (κ1) is 14.8. The number of amides is 1. The third-order valence-electron chi connectivity index (χ3n) is 4.53. The molecule has 1 aliphatic heterocycles. The van der Waals surface area contributed by atoms with Crippen molar-refractivity contribution < 1.29 is 13.6 Å². The quantitative estimate of drug-likeness (QED) is 0.873. The lowest BCUT2D eigenvalue weighted by Crippen LogP contribution is -2.33. The number of halogens is 2. The highest BCUT2D eigenvalue weighted by Gasteiger charge is 2.42. The minimum atomic E-state index is -2.44. The number of fused-ring (bicyclic) bond motifs is 1. The molecule has 2 N–H and O–H groups in total. The number of likely N-dealkylation sites (tertiary alicyclic amines) is 1. The number of carbonyl (C=O) groups is 1. The van der Waals surface area contributed by atoms with E-state index in [0.717, 1.165) is 25.9 Å². The first-order valence-corrected chi connectivity index (χ1v) is 8.02. The maximum Gasteiger partial charge on any atom is 0.288 e. The average Bonchev–Trinajstić information content (AvgIpc) is 3.01. The molecule has 2 aliphatic rings. The Hall–Kier alpha value is -1.14. The summed E-state index contributed by atoms with van der Waals surface area (Å²) in [5, 5.41) is 0. The van der Waals surface area contributed by atoms with Crippen LogP contribution in [0.25, 0.3) is 0 Å². The maximum absolute atomic E-state index is 12.4. The third kappa shape index (κ3) is 3.06. The molecule has 1 amide bonds. The van der Waals surface area contributed by atoms with Gasteiger partial charge >= 0.3 is 0 Å². The number of benzene rings is 1. The van der Waals surface area contributed by atoms with Gasteiger partial charge in [0.25, 0.3) is 11.7 Å². The highest BCUT2D eigenvalue weighted by Crippen LogP contribution is 2.37. The smallest absolute Gasteiger partial charge is 0.288 e. The van der Waals surface area contributed by atoms with Crippen molar-refractivity contribution in [3.8, 4) is 0 Å². The van der Waals surface area contributed by atoms with Crippen LogP contribution in [0.4, 0.5) is 8.78 Å². The van der Waals surface area contributed by atoms with Crippen LogP contribution in [0, 0.1) is 11.8 Å². The molecule has 1 aliphatic carbocycles. The van der Waals surface area contributed by atoms with Gasteiger partial charge in [0.1, 0.15) is 0 Å². The fraction of sp³-hybridized carbons (Fsp3) is 0.533. The van der Waals surface area contributed by atoms with Gasteiger partial charge in [-0.15, -0.1) is 0 Å². The van der Waals surface area contributed by atoms with Gasteiger partial charge in [0, 0.05) is 29.6 Å². The molecule has 3 rings (SSSR count). The first-order valence-electron chi connectivity index (χ1n) is 7.14. The van der Waals surface area contributed by atoms with Crippen LogP contribution in [-0.2, 0) is 0 Å². The van der Waals surface area contributed by atoms with Gasteiger partial charge in [0.2, 0.25) is 0 Å². The normalized spacial score (nSPS) is 28.2. The highest BCUT2D eigenvalue weighted by atomic mass is 32.2. The second kappa shape index (κ2) is 5.93. The summed E-state index contributed by atoms with van der Waals surface area (Å²) in [4.78, 5) is 14.8. The van der Waals surface area contributed by atoms with Crippen molar-refractivity contribution in [2.75, 3.05) is 13.1 Å². The molecule has 21 heavy (non-hydrogen) atoms. The Morgan fingerprint density at radius 1 is 1.24 bits per heavy atom. The Bertz CT molecular complexity index is 523. The Kier molecular flexibility index (Phi) is 4.17. The lowest BCUT2D eigenvalue weighted by molar-refractivity contribution is 0.0779. The van der Waals surface area contributed by atoms with Crippen molar-refractivity contribution >= 4 is 17.7 Å². The fourth-order valence-corrected chi connectivity index (χ4v) is 3.93. The topological polar surface area (TPSA) is 46.3 Å². The minimum absolute atomic E-state index is 0.0230. The summed E-state index contributed by atoms with van der Waals surface area (Å²) >= 11 is 0.490. The van der Waals surface area contributed by atoms with E-state index in [-0.39, 0.29) is 11.9 Å². The summed E-state index contributed by atoms with van der Waals surface area (Å²) in [7, 11) is 0. The number of nitrogens with zero attached hydrogens (tertiary/aromatic N) is 1. The van der Waals surface area contributed by atoms with Crippen molar-refractivity contribution in [1.29, 1.82) is 0 Å². The Morgan fingerprint density at radius 3 is 2.57 bits per heavy atom. The minimum Gasteiger partial charge on any atom is -0.338 e. The molecule has 3 nitrogen and oxygen atoms in total. The number of nitrogens with two attached hydrogens (primary N) is 1. The molecule has 1 aromatic carbocycles. The predicted molar refractivity (Wildman–Crippen MR) is 78.4 cm³/mol. The molecule has 1 saturated heterocycles. The molecule has 3 atom stereocenters. The van der Waals surface area contributed by atoms with Gasteiger partial charge in [-0.25, -0.2) is 0 Å². The third-order valence-corrected chi connectivity index (χ3v) is 5.25. The van der Waals surface area contributed by atoms with E-state index in [1.165, 1.54) is 0 Å². The maximum atomic E-state index is 12.4. The number of rotatable bonds is 3. The van der Waals surface area contributed by atoms with E-state index in [2.05, 4.69) is 0 Å².